The van der Waals surface area contributed by atoms with Crippen molar-refractivity contribution < 1.29 is 9.53 Å². The third-order valence-electron chi connectivity index (χ3n) is 6.12. The summed E-state index contributed by atoms with van der Waals surface area (Å²) in [7, 11) is 0. The number of hydrogen-bond acceptors (Lipinski definition) is 6. The van der Waals surface area contributed by atoms with Crippen LogP contribution in [0.2, 0.25) is 0 Å². The van der Waals surface area contributed by atoms with Crippen molar-refractivity contribution in [2.24, 2.45) is 4.99 Å². The fourth-order valence-corrected chi connectivity index (χ4v) is 4.36. The maximum atomic E-state index is 12.5. The zero-order valence-electron chi connectivity index (χ0n) is 17.2. The van der Waals surface area contributed by atoms with Crippen molar-refractivity contribution in [2.45, 2.75) is 6.54 Å². The molecule has 7 nitrogen and oxygen atoms in total. The summed E-state index contributed by atoms with van der Waals surface area (Å²) in [5.41, 5.74) is 4.68. The molecule has 0 spiro atoms. The normalized spacial score (nSPS) is 19.5. The molecule has 4 heterocycles. The van der Waals surface area contributed by atoms with Crippen LogP contribution >= 0.6 is 0 Å². The van der Waals surface area contributed by atoms with E-state index in [1.165, 1.54) is 11.1 Å². The number of aliphatic imine (C=N–C) groups is 1. The Bertz CT molecular complexity index is 946. The molecule has 2 aromatic rings. The summed E-state index contributed by atoms with van der Waals surface area (Å²) in [6.07, 6.45) is 1.88. The van der Waals surface area contributed by atoms with E-state index >= 15 is 0 Å². The van der Waals surface area contributed by atoms with Crippen molar-refractivity contribution in [3.8, 4) is 0 Å². The number of rotatable bonds is 4. The summed E-state index contributed by atoms with van der Waals surface area (Å²) in [5.74, 6) is 1.20. The predicted octanol–water partition coefficient (Wildman–Crippen LogP) is 1.41. The van der Waals surface area contributed by atoms with E-state index in [1.807, 2.05) is 17.2 Å². The van der Waals surface area contributed by atoms with Crippen molar-refractivity contribution in [1.29, 1.82) is 0 Å². The molecule has 156 valence electrons. The van der Waals surface area contributed by atoms with Crippen LogP contribution in [-0.4, -0.2) is 85.4 Å². The van der Waals surface area contributed by atoms with Crippen molar-refractivity contribution in [2.75, 3.05) is 63.9 Å². The van der Waals surface area contributed by atoms with Crippen LogP contribution in [0.4, 0.5) is 5.82 Å². The third kappa shape index (κ3) is 3.95. The van der Waals surface area contributed by atoms with Crippen LogP contribution < -0.4 is 4.90 Å². The lowest BCUT2D eigenvalue weighted by Crippen LogP contribution is -2.51. The number of ether oxygens (including phenoxy) is 1. The minimum atomic E-state index is 0.213. The summed E-state index contributed by atoms with van der Waals surface area (Å²) < 4.78 is 5.34. The minimum Gasteiger partial charge on any atom is -0.378 e. The van der Waals surface area contributed by atoms with Gasteiger partial charge in [0.1, 0.15) is 5.82 Å². The number of morpholine rings is 1. The molecule has 0 N–H and O–H groups in total. The first-order chi connectivity index (χ1) is 14.8. The summed E-state index contributed by atoms with van der Waals surface area (Å²) in [6, 6.07) is 12.6. The summed E-state index contributed by atoms with van der Waals surface area (Å²) >= 11 is 0. The summed E-state index contributed by atoms with van der Waals surface area (Å²) in [4.78, 5) is 28.3. The molecule has 7 heteroatoms. The van der Waals surface area contributed by atoms with Gasteiger partial charge in [0.05, 0.1) is 32.0 Å². The van der Waals surface area contributed by atoms with Gasteiger partial charge in [-0.2, -0.15) is 0 Å². The smallest absolute Gasteiger partial charge is 0.236 e. The number of amides is 1. The monoisotopic (exact) mass is 405 g/mol. The van der Waals surface area contributed by atoms with Gasteiger partial charge in [-0.05, 0) is 17.7 Å². The minimum absolute atomic E-state index is 0.213. The van der Waals surface area contributed by atoms with Crippen LogP contribution in [0.3, 0.4) is 0 Å². The van der Waals surface area contributed by atoms with Gasteiger partial charge in [-0.1, -0.05) is 24.3 Å². The Balaban J connectivity index is 1.21. The molecule has 1 aromatic carbocycles. The van der Waals surface area contributed by atoms with Gasteiger partial charge < -0.3 is 14.5 Å². The second-order valence-electron chi connectivity index (χ2n) is 7.98. The highest BCUT2D eigenvalue weighted by Gasteiger charge is 2.24. The molecule has 1 aromatic heterocycles. The van der Waals surface area contributed by atoms with Crippen LogP contribution in [0.25, 0.3) is 0 Å². The first-order valence-corrected chi connectivity index (χ1v) is 10.7. The molecule has 2 fully saturated rings. The SMILES string of the molecule is O=C(CN1CCN(c2cc(C3=NCc4ccccc43)ccn2)CC1)N1CCOCC1. The van der Waals surface area contributed by atoms with E-state index < -0.39 is 0 Å². The molecule has 5 rings (SSSR count). The largest absolute Gasteiger partial charge is 0.378 e. The summed E-state index contributed by atoms with van der Waals surface area (Å²) in [5, 5.41) is 0. The third-order valence-corrected chi connectivity index (χ3v) is 6.12. The average molecular weight is 406 g/mol. The van der Waals surface area contributed by atoms with Gasteiger partial charge in [0.2, 0.25) is 5.91 Å². The van der Waals surface area contributed by atoms with Crippen molar-refractivity contribution in [3.63, 3.8) is 0 Å². The number of piperazine rings is 1. The number of aromatic nitrogens is 1. The van der Waals surface area contributed by atoms with Gasteiger partial charge in [-0.15, -0.1) is 0 Å². The van der Waals surface area contributed by atoms with Crippen LogP contribution in [0.1, 0.15) is 16.7 Å². The van der Waals surface area contributed by atoms with E-state index in [2.05, 4.69) is 45.1 Å². The highest BCUT2D eigenvalue weighted by atomic mass is 16.5. The highest BCUT2D eigenvalue weighted by Crippen LogP contribution is 2.24. The van der Waals surface area contributed by atoms with E-state index in [-0.39, 0.29) is 5.91 Å². The molecule has 0 unspecified atom stereocenters. The maximum Gasteiger partial charge on any atom is 0.236 e. The van der Waals surface area contributed by atoms with E-state index in [4.69, 9.17) is 9.73 Å². The molecule has 1 amide bonds. The topological polar surface area (TPSA) is 61.3 Å². The number of nitrogens with zero attached hydrogens (tertiary/aromatic N) is 5. The fourth-order valence-electron chi connectivity index (χ4n) is 4.36. The van der Waals surface area contributed by atoms with Crippen molar-refractivity contribution in [1.82, 2.24) is 14.8 Å². The van der Waals surface area contributed by atoms with Crippen molar-refractivity contribution in [3.05, 3.63) is 59.3 Å². The van der Waals surface area contributed by atoms with Gasteiger partial charge in [0.25, 0.3) is 0 Å². The number of anilines is 1. The Kier molecular flexibility index (Phi) is 5.46. The Morgan fingerprint density at radius 2 is 1.80 bits per heavy atom. The van der Waals surface area contributed by atoms with Gasteiger partial charge in [-0.25, -0.2) is 4.98 Å². The van der Waals surface area contributed by atoms with Crippen LogP contribution in [0, 0.1) is 0 Å². The van der Waals surface area contributed by atoms with Crippen LogP contribution in [0.5, 0.6) is 0 Å². The number of hydrogen-bond donors (Lipinski definition) is 0. The predicted molar refractivity (Wildman–Crippen MR) is 116 cm³/mol. The molecule has 0 radical (unpaired) electrons. The Labute approximate surface area is 177 Å². The Hall–Kier alpha value is -2.77. The molecule has 0 bridgehead atoms. The molecule has 0 aliphatic carbocycles. The lowest BCUT2D eigenvalue weighted by molar-refractivity contribution is -0.136. The number of pyridine rings is 1. The average Bonchev–Trinajstić information content (AvgIpc) is 3.24. The van der Waals surface area contributed by atoms with Gasteiger partial charge in [0, 0.05) is 56.6 Å². The number of carbonyl (C=O) groups is 1. The lowest BCUT2D eigenvalue weighted by Gasteiger charge is -2.36. The molecule has 2 saturated heterocycles. The number of benzene rings is 1. The Morgan fingerprint density at radius 1 is 1.00 bits per heavy atom. The van der Waals surface area contributed by atoms with E-state index in [0.29, 0.717) is 32.8 Å². The molecule has 30 heavy (non-hydrogen) atoms. The van der Waals surface area contributed by atoms with Crippen molar-refractivity contribution >= 4 is 17.4 Å². The zero-order chi connectivity index (χ0) is 20.3. The van der Waals surface area contributed by atoms with Crippen LogP contribution in [-0.2, 0) is 16.1 Å². The number of carbonyl (C=O) groups excluding carboxylic acids is 1. The van der Waals surface area contributed by atoms with Gasteiger partial charge >= 0.3 is 0 Å². The number of fused-ring (bicyclic) bond motifs is 1. The quantitative estimate of drug-likeness (QED) is 0.770. The lowest BCUT2D eigenvalue weighted by atomic mass is 10.0. The molecular weight excluding hydrogens is 378 g/mol. The molecule has 0 atom stereocenters. The second-order valence-corrected chi connectivity index (χ2v) is 7.98. The Morgan fingerprint density at radius 3 is 2.63 bits per heavy atom. The van der Waals surface area contributed by atoms with Gasteiger partial charge in [0.15, 0.2) is 0 Å². The van der Waals surface area contributed by atoms with E-state index in [0.717, 1.165) is 49.8 Å². The first kappa shape index (κ1) is 19.2. The molecule has 3 aliphatic rings. The van der Waals surface area contributed by atoms with E-state index in [9.17, 15) is 4.79 Å². The van der Waals surface area contributed by atoms with Crippen LogP contribution in [0.15, 0.2) is 47.6 Å². The highest BCUT2D eigenvalue weighted by molar-refractivity contribution is 6.15. The second kappa shape index (κ2) is 8.53. The standard InChI is InChI=1S/C23H27N5O2/c29-22(28-11-13-30-14-12-28)17-26-7-9-27(10-8-26)21-15-18(5-6-24-21)23-20-4-2-1-3-19(20)16-25-23/h1-6,15H,7-14,16-17H2. The molecular formula is C23H27N5O2. The molecule has 3 aliphatic heterocycles. The fraction of sp³-hybridized carbons (Fsp3) is 0.435. The summed E-state index contributed by atoms with van der Waals surface area (Å²) in [6.45, 7) is 7.44. The van der Waals surface area contributed by atoms with E-state index in [1.54, 1.807) is 0 Å². The molecule has 0 saturated carbocycles. The maximum absolute atomic E-state index is 12.5. The first-order valence-electron chi connectivity index (χ1n) is 10.7. The zero-order valence-corrected chi connectivity index (χ0v) is 17.2. The van der Waals surface area contributed by atoms with Gasteiger partial charge in [-0.3, -0.25) is 14.7 Å².